The zero-order valence-electron chi connectivity index (χ0n) is 22.1. The summed E-state index contributed by atoms with van der Waals surface area (Å²) in [6, 6.07) is 18.8. The van der Waals surface area contributed by atoms with Crippen molar-refractivity contribution in [3.63, 3.8) is 0 Å². The highest BCUT2D eigenvalue weighted by atomic mass is 35.5. The standard InChI is InChI=1S/C31H34ClF2N3O2/c32-29-6-2-1-4-28(29)31(38)39-21-20-36-16-14-35(15-17-36)18-19-37-13-3-5-26(23-7-9-24(33)10-8-23)27-12-11-25(34)22-30(27)37/h1-2,4,6-12,22,26H,3,5,13-21H2/p+2/t26-/m0/s1. The maximum absolute atomic E-state index is 14.4. The summed E-state index contributed by atoms with van der Waals surface area (Å²) in [5, 5.41) is 0.410. The van der Waals surface area contributed by atoms with Crippen molar-refractivity contribution in [1.82, 2.24) is 0 Å². The Morgan fingerprint density at radius 3 is 2.36 bits per heavy atom. The molecule has 0 bridgehead atoms. The van der Waals surface area contributed by atoms with Gasteiger partial charge in [-0.25, -0.2) is 13.6 Å². The number of hydrogen-bond donors (Lipinski definition) is 2. The molecule has 0 unspecified atom stereocenters. The lowest BCUT2D eigenvalue weighted by Crippen LogP contribution is -3.28. The number of esters is 1. The van der Waals surface area contributed by atoms with Crippen molar-refractivity contribution >= 4 is 23.3 Å². The molecule has 5 nitrogen and oxygen atoms in total. The Labute approximate surface area is 233 Å². The molecule has 0 saturated carbocycles. The van der Waals surface area contributed by atoms with Crippen molar-refractivity contribution in [2.24, 2.45) is 0 Å². The number of hydrogen-bond acceptors (Lipinski definition) is 3. The fourth-order valence-corrected chi connectivity index (χ4v) is 6.08. The zero-order chi connectivity index (χ0) is 27.2. The van der Waals surface area contributed by atoms with Crippen LogP contribution in [-0.4, -0.2) is 64.9 Å². The minimum absolute atomic E-state index is 0.137. The van der Waals surface area contributed by atoms with Gasteiger partial charge < -0.3 is 19.4 Å². The van der Waals surface area contributed by atoms with E-state index in [9.17, 15) is 13.6 Å². The molecule has 2 aliphatic heterocycles. The largest absolute Gasteiger partial charge is 0.456 e. The van der Waals surface area contributed by atoms with E-state index in [4.69, 9.17) is 16.3 Å². The van der Waals surface area contributed by atoms with Crippen LogP contribution in [0.25, 0.3) is 0 Å². The second-order valence-corrected chi connectivity index (χ2v) is 11.0. The van der Waals surface area contributed by atoms with E-state index in [1.54, 1.807) is 35.2 Å². The highest BCUT2D eigenvalue weighted by Gasteiger charge is 2.27. The molecule has 3 aromatic rings. The van der Waals surface area contributed by atoms with E-state index in [2.05, 4.69) is 4.90 Å². The summed E-state index contributed by atoms with van der Waals surface area (Å²) in [6.45, 7) is 8.06. The monoisotopic (exact) mass is 555 g/mol. The fraction of sp³-hybridized carbons (Fsp3) is 0.387. The Kier molecular flexibility index (Phi) is 9.12. The van der Waals surface area contributed by atoms with Gasteiger partial charge >= 0.3 is 5.97 Å². The van der Waals surface area contributed by atoms with Crippen LogP contribution in [0.3, 0.4) is 0 Å². The molecule has 0 spiro atoms. The molecule has 0 aromatic heterocycles. The van der Waals surface area contributed by atoms with Crippen molar-refractivity contribution in [1.29, 1.82) is 0 Å². The summed E-state index contributed by atoms with van der Waals surface area (Å²) in [6.07, 6.45) is 1.95. The van der Waals surface area contributed by atoms with Crippen LogP contribution in [-0.2, 0) is 4.74 Å². The van der Waals surface area contributed by atoms with E-state index in [-0.39, 0.29) is 23.5 Å². The Balaban J connectivity index is 1.12. The predicted octanol–water partition coefficient (Wildman–Crippen LogP) is 2.99. The van der Waals surface area contributed by atoms with E-state index in [1.165, 1.54) is 23.1 Å². The summed E-state index contributed by atoms with van der Waals surface area (Å²) in [5.74, 6) is -0.701. The van der Waals surface area contributed by atoms with E-state index in [1.807, 2.05) is 18.2 Å². The van der Waals surface area contributed by atoms with E-state index >= 15 is 0 Å². The number of nitrogens with zero attached hydrogens (tertiary/aromatic N) is 1. The van der Waals surface area contributed by atoms with Crippen molar-refractivity contribution in [3.8, 4) is 0 Å². The van der Waals surface area contributed by atoms with Gasteiger partial charge in [-0.15, -0.1) is 0 Å². The van der Waals surface area contributed by atoms with Crippen LogP contribution >= 0.6 is 11.6 Å². The molecule has 8 heteroatoms. The molecule has 1 fully saturated rings. The molecule has 3 aromatic carbocycles. The molecule has 1 atom stereocenters. The molecule has 5 rings (SSSR count). The average Bonchev–Trinajstić information content (AvgIpc) is 3.12. The van der Waals surface area contributed by atoms with Crippen molar-refractivity contribution < 1.29 is 28.1 Å². The van der Waals surface area contributed by atoms with Crippen LogP contribution in [0.1, 0.15) is 40.2 Å². The minimum Gasteiger partial charge on any atom is -0.456 e. The number of piperazine rings is 1. The highest BCUT2D eigenvalue weighted by Crippen LogP contribution is 2.38. The molecule has 39 heavy (non-hydrogen) atoms. The topological polar surface area (TPSA) is 38.4 Å². The lowest BCUT2D eigenvalue weighted by molar-refractivity contribution is -1.01. The summed E-state index contributed by atoms with van der Waals surface area (Å²) in [4.78, 5) is 17.6. The molecular weight excluding hydrogens is 520 g/mol. The molecule has 2 heterocycles. The first kappa shape index (κ1) is 27.6. The highest BCUT2D eigenvalue weighted by molar-refractivity contribution is 6.33. The van der Waals surface area contributed by atoms with Crippen LogP contribution in [0, 0.1) is 11.6 Å². The van der Waals surface area contributed by atoms with E-state index < -0.39 is 0 Å². The normalized spacial score (nSPS) is 21.2. The van der Waals surface area contributed by atoms with Crippen LogP contribution in [0.2, 0.25) is 5.02 Å². The molecule has 0 radical (unpaired) electrons. The first-order valence-corrected chi connectivity index (χ1v) is 14.2. The third kappa shape index (κ3) is 6.96. The fourth-order valence-electron chi connectivity index (χ4n) is 5.86. The zero-order valence-corrected chi connectivity index (χ0v) is 22.9. The van der Waals surface area contributed by atoms with Crippen molar-refractivity contribution in [2.45, 2.75) is 18.8 Å². The van der Waals surface area contributed by atoms with Gasteiger partial charge in [0.15, 0.2) is 0 Å². The number of anilines is 1. The SMILES string of the molecule is O=C(OCC[NH+]1CC[NH+](CCN2CCC[C@@H](c3ccc(F)cc3)c3ccc(F)cc32)CC1)c1ccccc1Cl. The number of carbonyl (C=O) groups is 1. The van der Waals surface area contributed by atoms with Gasteiger partial charge in [-0.2, -0.15) is 0 Å². The van der Waals surface area contributed by atoms with Gasteiger partial charge in [0, 0.05) is 18.2 Å². The quantitative estimate of drug-likeness (QED) is 0.420. The van der Waals surface area contributed by atoms with Crippen LogP contribution in [0.15, 0.2) is 66.7 Å². The van der Waals surface area contributed by atoms with Gasteiger partial charge in [-0.1, -0.05) is 41.9 Å². The third-order valence-electron chi connectivity index (χ3n) is 8.08. The molecule has 0 aliphatic carbocycles. The Hall–Kier alpha value is -3.00. The Morgan fingerprint density at radius 1 is 0.923 bits per heavy atom. The Bertz CT molecular complexity index is 1260. The lowest BCUT2D eigenvalue weighted by Gasteiger charge is -2.32. The van der Waals surface area contributed by atoms with Gasteiger partial charge in [0.25, 0.3) is 0 Å². The first-order valence-electron chi connectivity index (χ1n) is 13.9. The number of quaternary nitrogens is 2. The van der Waals surface area contributed by atoms with Gasteiger partial charge in [0.05, 0.1) is 23.7 Å². The van der Waals surface area contributed by atoms with E-state index in [0.29, 0.717) is 17.2 Å². The summed E-state index contributed by atoms with van der Waals surface area (Å²) >= 11 is 6.09. The molecule has 206 valence electrons. The lowest BCUT2D eigenvalue weighted by atomic mass is 9.87. The minimum atomic E-state index is -0.375. The van der Waals surface area contributed by atoms with Crippen LogP contribution in [0.5, 0.6) is 0 Å². The molecule has 2 N–H and O–H groups in total. The first-order chi connectivity index (χ1) is 19.0. The number of ether oxygens (including phenoxy) is 1. The van der Waals surface area contributed by atoms with Gasteiger partial charge in [0.2, 0.25) is 0 Å². The number of rotatable bonds is 8. The second-order valence-electron chi connectivity index (χ2n) is 10.6. The Morgan fingerprint density at radius 2 is 1.62 bits per heavy atom. The summed E-state index contributed by atoms with van der Waals surface area (Å²) < 4.78 is 33.4. The van der Waals surface area contributed by atoms with Crippen molar-refractivity contribution in [3.05, 3.63) is 100 Å². The average molecular weight is 556 g/mol. The van der Waals surface area contributed by atoms with Gasteiger partial charge in [0.1, 0.15) is 51.0 Å². The maximum atomic E-state index is 14.4. The molecule has 2 aliphatic rings. The number of fused-ring (bicyclic) bond motifs is 1. The van der Waals surface area contributed by atoms with Gasteiger partial charge in [-0.05, 0) is 60.4 Å². The van der Waals surface area contributed by atoms with Gasteiger partial charge in [-0.3, -0.25) is 0 Å². The number of halogens is 3. The molecule has 0 amide bonds. The second kappa shape index (κ2) is 12.9. The maximum Gasteiger partial charge on any atom is 0.339 e. The third-order valence-corrected chi connectivity index (χ3v) is 8.41. The number of nitrogens with one attached hydrogen (secondary N) is 2. The number of carbonyl (C=O) groups excluding carboxylic acids is 1. The summed E-state index contributed by atoms with van der Waals surface area (Å²) in [5.41, 5.74) is 3.57. The molecule has 1 saturated heterocycles. The van der Waals surface area contributed by atoms with E-state index in [0.717, 1.165) is 82.0 Å². The van der Waals surface area contributed by atoms with Crippen LogP contribution < -0.4 is 14.7 Å². The van der Waals surface area contributed by atoms with Crippen LogP contribution in [0.4, 0.5) is 14.5 Å². The molecular formula is C31H36ClF2N3O2+2. The smallest absolute Gasteiger partial charge is 0.339 e. The number of benzene rings is 3. The summed E-state index contributed by atoms with van der Waals surface area (Å²) in [7, 11) is 0. The van der Waals surface area contributed by atoms with Crippen molar-refractivity contribution in [2.75, 3.05) is 63.9 Å². The predicted molar refractivity (Wildman–Crippen MR) is 149 cm³/mol.